The van der Waals surface area contributed by atoms with Crippen molar-refractivity contribution in [3.8, 4) is 22.4 Å². The smallest absolute Gasteiger partial charge is 0.0729 e. The molecule has 0 aliphatic carbocycles. The van der Waals surface area contributed by atoms with E-state index in [2.05, 4.69) is 27.3 Å². The van der Waals surface area contributed by atoms with E-state index in [0.29, 0.717) is 0 Å². The molecule has 0 bridgehead atoms. The van der Waals surface area contributed by atoms with E-state index in [4.69, 9.17) is 0 Å². The molecular formula is C14H11N3. The molecule has 1 aromatic carbocycles. The van der Waals surface area contributed by atoms with Gasteiger partial charge in [-0.3, -0.25) is 10.1 Å². The predicted molar refractivity (Wildman–Crippen MR) is 67.3 cm³/mol. The van der Waals surface area contributed by atoms with Gasteiger partial charge >= 0.3 is 0 Å². The van der Waals surface area contributed by atoms with E-state index in [1.165, 1.54) is 0 Å². The lowest BCUT2D eigenvalue weighted by molar-refractivity contribution is 1.09. The van der Waals surface area contributed by atoms with Crippen molar-refractivity contribution < 1.29 is 0 Å². The van der Waals surface area contributed by atoms with Crippen molar-refractivity contribution in [3.05, 3.63) is 61.1 Å². The van der Waals surface area contributed by atoms with Gasteiger partial charge in [-0.25, -0.2) is 0 Å². The van der Waals surface area contributed by atoms with Gasteiger partial charge in [0.1, 0.15) is 0 Å². The van der Waals surface area contributed by atoms with Gasteiger partial charge in [-0.05, 0) is 17.7 Å². The Balaban J connectivity index is 2.13. The minimum absolute atomic E-state index is 1.03. The zero-order valence-electron chi connectivity index (χ0n) is 9.17. The first-order valence-electron chi connectivity index (χ1n) is 5.44. The summed E-state index contributed by atoms with van der Waals surface area (Å²) < 4.78 is 0. The molecule has 0 spiro atoms. The normalized spacial score (nSPS) is 10.4. The summed E-state index contributed by atoms with van der Waals surface area (Å²) >= 11 is 0. The molecule has 3 heteroatoms. The number of pyridine rings is 1. The fourth-order valence-electron chi connectivity index (χ4n) is 1.86. The topological polar surface area (TPSA) is 41.6 Å². The predicted octanol–water partition coefficient (Wildman–Crippen LogP) is 3.14. The van der Waals surface area contributed by atoms with Gasteiger partial charge in [0.05, 0.1) is 11.9 Å². The Kier molecular flexibility index (Phi) is 2.43. The summed E-state index contributed by atoms with van der Waals surface area (Å²) in [5.74, 6) is 0. The number of hydrogen-bond acceptors (Lipinski definition) is 2. The van der Waals surface area contributed by atoms with Crippen molar-refractivity contribution in [2.75, 3.05) is 0 Å². The average Bonchev–Trinajstić information content (AvgIpc) is 2.90. The highest BCUT2D eigenvalue weighted by molar-refractivity contribution is 5.79. The first-order chi connectivity index (χ1) is 8.45. The largest absolute Gasteiger partial charge is 0.277 e. The molecule has 0 saturated carbocycles. The van der Waals surface area contributed by atoms with E-state index in [9.17, 15) is 0 Å². The maximum absolute atomic E-state index is 4.13. The van der Waals surface area contributed by atoms with Crippen LogP contribution < -0.4 is 0 Å². The fraction of sp³-hybridized carbons (Fsp3) is 0. The summed E-state index contributed by atoms with van der Waals surface area (Å²) in [7, 11) is 0. The molecule has 82 valence electrons. The summed E-state index contributed by atoms with van der Waals surface area (Å²) in [5, 5.41) is 7.17. The van der Waals surface area contributed by atoms with Crippen molar-refractivity contribution in [1.29, 1.82) is 0 Å². The van der Waals surface area contributed by atoms with Crippen LogP contribution in [-0.2, 0) is 0 Å². The Hall–Kier alpha value is -2.42. The van der Waals surface area contributed by atoms with Crippen LogP contribution in [-0.4, -0.2) is 15.2 Å². The van der Waals surface area contributed by atoms with E-state index in [-0.39, 0.29) is 0 Å². The number of H-pyrrole nitrogens is 1. The van der Waals surface area contributed by atoms with E-state index in [1.54, 1.807) is 12.4 Å². The zero-order chi connectivity index (χ0) is 11.5. The van der Waals surface area contributed by atoms with Crippen LogP contribution in [0.3, 0.4) is 0 Å². The van der Waals surface area contributed by atoms with Gasteiger partial charge in [0.25, 0.3) is 0 Å². The second-order valence-corrected chi connectivity index (χ2v) is 3.76. The number of aromatic nitrogens is 3. The van der Waals surface area contributed by atoms with E-state index >= 15 is 0 Å². The molecule has 1 N–H and O–H groups in total. The molecule has 0 aliphatic rings. The first-order valence-corrected chi connectivity index (χ1v) is 5.44. The quantitative estimate of drug-likeness (QED) is 0.722. The summed E-state index contributed by atoms with van der Waals surface area (Å²) in [5.41, 5.74) is 4.39. The Morgan fingerprint density at radius 1 is 0.824 bits per heavy atom. The second-order valence-electron chi connectivity index (χ2n) is 3.76. The molecule has 0 aliphatic heterocycles. The molecule has 0 atom stereocenters. The van der Waals surface area contributed by atoms with E-state index in [0.717, 1.165) is 22.4 Å². The number of hydrogen-bond donors (Lipinski definition) is 1. The van der Waals surface area contributed by atoms with Gasteiger partial charge in [-0.2, -0.15) is 5.10 Å². The summed E-state index contributed by atoms with van der Waals surface area (Å²) in [6, 6.07) is 14.2. The van der Waals surface area contributed by atoms with Gasteiger partial charge < -0.3 is 0 Å². The molecule has 0 fully saturated rings. The van der Waals surface area contributed by atoms with E-state index in [1.807, 2.05) is 36.5 Å². The average molecular weight is 221 g/mol. The maximum atomic E-state index is 4.13. The number of benzene rings is 1. The molecule has 2 heterocycles. The van der Waals surface area contributed by atoms with Gasteiger partial charge in [0.2, 0.25) is 0 Å². The summed E-state index contributed by atoms with van der Waals surface area (Å²) in [4.78, 5) is 4.02. The third-order valence-electron chi connectivity index (χ3n) is 2.69. The second kappa shape index (κ2) is 4.22. The van der Waals surface area contributed by atoms with Gasteiger partial charge in [0.15, 0.2) is 0 Å². The van der Waals surface area contributed by atoms with Crippen LogP contribution in [0, 0.1) is 0 Å². The summed E-state index contributed by atoms with van der Waals surface area (Å²) in [6.07, 6.45) is 5.42. The lowest BCUT2D eigenvalue weighted by Gasteiger charge is -2.02. The highest BCUT2D eigenvalue weighted by atomic mass is 15.1. The van der Waals surface area contributed by atoms with Crippen molar-refractivity contribution in [2.24, 2.45) is 0 Å². The van der Waals surface area contributed by atoms with Crippen LogP contribution in [0.15, 0.2) is 61.1 Å². The third-order valence-corrected chi connectivity index (χ3v) is 2.69. The van der Waals surface area contributed by atoms with E-state index < -0.39 is 0 Å². The van der Waals surface area contributed by atoms with Crippen molar-refractivity contribution >= 4 is 0 Å². The number of rotatable bonds is 2. The lowest BCUT2D eigenvalue weighted by Crippen LogP contribution is -1.82. The molecule has 3 aromatic rings. The molecule has 2 aromatic heterocycles. The first kappa shape index (κ1) is 9.78. The maximum Gasteiger partial charge on any atom is 0.0729 e. The molecule has 0 radical (unpaired) electrons. The Morgan fingerprint density at radius 2 is 1.59 bits per heavy atom. The van der Waals surface area contributed by atoms with Crippen LogP contribution >= 0.6 is 0 Å². The molecular weight excluding hydrogens is 210 g/mol. The molecule has 17 heavy (non-hydrogen) atoms. The standard InChI is InChI=1S/C14H11N3/c1-2-4-11(5-3-1)13-10-16-17-14(13)12-6-8-15-9-7-12/h1-10H,(H,16,17). The van der Waals surface area contributed by atoms with Gasteiger partial charge in [-0.15, -0.1) is 0 Å². The lowest BCUT2D eigenvalue weighted by atomic mass is 10.0. The highest BCUT2D eigenvalue weighted by Crippen LogP contribution is 2.29. The molecule has 0 saturated heterocycles. The Bertz CT molecular complexity index is 546. The van der Waals surface area contributed by atoms with Crippen molar-refractivity contribution in [3.63, 3.8) is 0 Å². The van der Waals surface area contributed by atoms with Crippen LogP contribution in [0.5, 0.6) is 0 Å². The Morgan fingerprint density at radius 3 is 2.35 bits per heavy atom. The minimum Gasteiger partial charge on any atom is -0.277 e. The number of aromatic amines is 1. The molecule has 3 rings (SSSR count). The summed E-state index contributed by atoms with van der Waals surface area (Å²) in [6.45, 7) is 0. The van der Waals surface area contributed by atoms with Crippen molar-refractivity contribution in [2.45, 2.75) is 0 Å². The minimum atomic E-state index is 1.03. The molecule has 0 unspecified atom stereocenters. The van der Waals surface area contributed by atoms with Crippen LogP contribution in [0.25, 0.3) is 22.4 Å². The van der Waals surface area contributed by atoms with Gasteiger partial charge in [-0.1, -0.05) is 30.3 Å². The molecule has 3 nitrogen and oxygen atoms in total. The molecule has 0 amide bonds. The zero-order valence-corrected chi connectivity index (χ0v) is 9.17. The fourth-order valence-corrected chi connectivity index (χ4v) is 1.86. The van der Waals surface area contributed by atoms with Gasteiger partial charge in [0, 0.05) is 23.5 Å². The highest BCUT2D eigenvalue weighted by Gasteiger charge is 2.08. The Labute approximate surface area is 99.2 Å². The third kappa shape index (κ3) is 1.83. The number of nitrogens with one attached hydrogen (secondary N) is 1. The van der Waals surface area contributed by atoms with Crippen LogP contribution in [0.2, 0.25) is 0 Å². The monoisotopic (exact) mass is 221 g/mol. The van der Waals surface area contributed by atoms with Crippen molar-refractivity contribution in [1.82, 2.24) is 15.2 Å². The SMILES string of the molecule is c1ccc(-c2cn[nH]c2-c2ccncc2)cc1. The number of nitrogens with zero attached hydrogens (tertiary/aromatic N) is 2. The van der Waals surface area contributed by atoms with Crippen LogP contribution in [0.4, 0.5) is 0 Å². The van der Waals surface area contributed by atoms with Crippen LogP contribution in [0.1, 0.15) is 0 Å².